The first-order valence-electron chi connectivity index (χ1n) is 8.39. The minimum absolute atomic E-state index is 0.253. The summed E-state index contributed by atoms with van der Waals surface area (Å²) in [5.41, 5.74) is 5.06. The molecule has 0 aliphatic heterocycles. The molecule has 0 fully saturated rings. The molecule has 0 unspecified atom stereocenters. The number of carbonyl (C=O) groups is 1. The lowest BCUT2D eigenvalue weighted by molar-refractivity contribution is 0.0697. The first-order valence-corrected chi connectivity index (χ1v) is 8.39. The molecule has 0 radical (unpaired) electrons. The third-order valence-corrected chi connectivity index (χ3v) is 4.15. The molecule has 5 heteroatoms. The van der Waals surface area contributed by atoms with Gasteiger partial charge in [0, 0.05) is 12.4 Å². The Hall–Kier alpha value is -3.86. The van der Waals surface area contributed by atoms with Gasteiger partial charge < -0.3 is 5.11 Å². The van der Waals surface area contributed by atoms with Gasteiger partial charge in [0.25, 0.3) is 0 Å². The molecule has 0 saturated carbocycles. The van der Waals surface area contributed by atoms with Crippen molar-refractivity contribution in [2.24, 2.45) is 0 Å². The van der Waals surface area contributed by atoms with Gasteiger partial charge in [-0.2, -0.15) is 0 Å². The number of aromatic carboxylic acids is 1. The summed E-state index contributed by atoms with van der Waals surface area (Å²) in [6.45, 7) is 0. The van der Waals surface area contributed by atoms with Crippen molar-refractivity contribution in [1.82, 2.24) is 15.0 Å². The quantitative estimate of drug-likeness (QED) is 0.581. The van der Waals surface area contributed by atoms with Crippen LogP contribution in [0.15, 0.2) is 85.2 Å². The summed E-state index contributed by atoms with van der Waals surface area (Å²) in [6, 6.07) is 22.0. The Labute approximate surface area is 156 Å². The molecule has 0 saturated heterocycles. The highest BCUT2D eigenvalue weighted by Gasteiger charge is 2.11. The van der Waals surface area contributed by atoms with E-state index in [1.54, 1.807) is 36.7 Å². The molecule has 3 heterocycles. The zero-order chi connectivity index (χ0) is 18.6. The molecule has 4 rings (SSSR count). The summed E-state index contributed by atoms with van der Waals surface area (Å²) in [4.78, 5) is 24.6. The van der Waals surface area contributed by atoms with Gasteiger partial charge in [-0.15, -0.1) is 0 Å². The van der Waals surface area contributed by atoms with Crippen LogP contribution in [0.3, 0.4) is 0 Å². The summed E-state index contributed by atoms with van der Waals surface area (Å²) < 4.78 is 0. The molecule has 0 aliphatic rings. The van der Waals surface area contributed by atoms with Gasteiger partial charge in [0.1, 0.15) is 0 Å². The smallest absolute Gasteiger partial charge is 0.335 e. The summed E-state index contributed by atoms with van der Waals surface area (Å²) in [5.74, 6) is -0.945. The van der Waals surface area contributed by atoms with Crippen molar-refractivity contribution in [2.45, 2.75) is 0 Å². The fourth-order valence-corrected chi connectivity index (χ4v) is 2.79. The summed E-state index contributed by atoms with van der Waals surface area (Å²) >= 11 is 0. The van der Waals surface area contributed by atoms with Gasteiger partial charge >= 0.3 is 5.97 Å². The van der Waals surface area contributed by atoms with Crippen molar-refractivity contribution in [2.75, 3.05) is 0 Å². The van der Waals surface area contributed by atoms with E-state index in [2.05, 4.69) is 9.97 Å². The molecule has 0 amide bonds. The minimum atomic E-state index is -0.945. The van der Waals surface area contributed by atoms with Crippen LogP contribution in [-0.4, -0.2) is 26.0 Å². The van der Waals surface area contributed by atoms with Crippen molar-refractivity contribution < 1.29 is 9.90 Å². The Morgan fingerprint density at radius 3 is 1.67 bits per heavy atom. The highest BCUT2D eigenvalue weighted by Crippen LogP contribution is 2.29. The van der Waals surface area contributed by atoms with E-state index >= 15 is 0 Å². The number of nitrogens with zero attached hydrogens (tertiary/aromatic N) is 3. The molecule has 1 aromatic carbocycles. The second-order valence-corrected chi connectivity index (χ2v) is 5.94. The lowest BCUT2D eigenvalue weighted by atomic mass is 10.0. The van der Waals surface area contributed by atoms with E-state index < -0.39 is 5.97 Å². The van der Waals surface area contributed by atoms with E-state index in [1.165, 1.54) is 0 Å². The maximum Gasteiger partial charge on any atom is 0.335 e. The predicted octanol–water partition coefficient (Wildman–Crippen LogP) is 4.57. The molecule has 1 N–H and O–H groups in total. The van der Waals surface area contributed by atoms with Crippen LogP contribution in [0, 0.1) is 0 Å². The number of carboxylic acids is 1. The van der Waals surface area contributed by atoms with Crippen LogP contribution in [0.1, 0.15) is 10.4 Å². The highest BCUT2D eigenvalue weighted by atomic mass is 16.4. The first-order chi connectivity index (χ1) is 13.2. The van der Waals surface area contributed by atoms with E-state index in [0.717, 1.165) is 33.9 Å². The van der Waals surface area contributed by atoms with Crippen LogP contribution in [0.5, 0.6) is 0 Å². The largest absolute Gasteiger partial charge is 0.478 e. The minimum Gasteiger partial charge on any atom is -0.478 e. The average molecular weight is 353 g/mol. The van der Waals surface area contributed by atoms with Crippen molar-refractivity contribution >= 4 is 5.97 Å². The highest BCUT2D eigenvalue weighted by molar-refractivity contribution is 5.88. The normalized spacial score (nSPS) is 10.5. The zero-order valence-corrected chi connectivity index (χ0v) is 14.3. The maximum absolute atomic E-state index is 11.1. The molecular formula is C22H15N3O2. The Morgan fingerprint density at radius 1 is 0.667 bits per heavy atom. The standard InChI is InChI=1S/C22H15N3O2/c26-22(27)16-9-7-15(8-10-16)17-13-20(18-5-1-3-11-23-18)25-21(14-17)19-6-2-4-12-24-19/h1-14H,(H,26,27). The first kappa shape index (κ1) is 16.6. The van der Waals surface area contributed by atoms with Gasteiger partial charge in [-0.1, -0.05) is 24.3 Å². The van der Waals surface area contributed by atoms with Gasteiger partial charge in [0.15, 0.2) is 0 Å². The van der Waals surface area contributed by atoms with Crippen LogP contribution >= 0.6 is 0 Å². The van der Waals surface area contributed by atoms with Crippen LogP contribution in [-0.2, 0) is 0 Å². The number of hydrogen-bond acceptors (Lipinski definition) is 4. The second kappa shape index (κ2) is 7.17. The molecular weight excluding hydrogens is 338 g/mol. The Morgan fingerprint density at radius 2 is 1.22 bits per heavy atom. The molecule has 0 atom stereocenters. The number of aromatic nitrogens is 3. The Bertz CT molecular complexity index is 1020. The molecule has 3 aromatic heterocycles. The van der Waals surface area contributed by atoms with Crippen LogP contribution < -0.4 is 0 Å². The van der Waals surface area contributed by atoms with Crippen LogP contribution in [0.25, 0.3) is 33.9 Å². The van der Waals surface area contributed by atoms with E-state index in [1.807, 2.05) is 48.5 Å². The molecule has 27 heavy (non-hydrogen) atoms. The van der Waals surface area contributed by atoms with Crippen molar-refractivity contribution in [1.29, 1.82) is 0 Å². The topological polar surface area (TPSA) is 76.0 Å². The summed E-state index contributed by atoms with van der Waals surface area (Å²) in [5, 5.41) is 9.11. The van der Waals surface area contributed by atoms with E-state index in [9.17, 15) is 4.79 Å². The summed E-state index contributed by atoms with van der Waals surface area (Å²) in [6.07, 6.45) is 3.46. The number of rotatable bonds is 4. The lowest BCUT2D eigenvalue weighted by Crippen LogP contribution is -1.96. The predicted molar refractivity (Wildman–Crippen MR) is 103 cm³/mol. The third-order valence-electron chi connectivity index (χ3n) is 4.15. The third kappa shape index (κ3) is 3.57. The molecule has 130 valence electrons. The van der Waals surface area contributed by atoms with Crippen molar-refractivity contribution in [3.05, 3.63) is 90.8 Å². The van der Waals surface area contributed by atoms with Crippen molar-refractivity contribution in [3.8, 4) is 33.9 Å². The number of hydrogen-bond donors (Lipinski definition) is 1. The lowest BCUT2D eigenvalue weighted by Gasteiger charge is -2.09. The SMILES string of the molecule is O=C(O)c1ccc(-c2cc(-c3ccccn3)nc(-c3ccccn3)c2)cc1. The van der Waals surface area contributed by atoms with E-state index in [4.69, 9.17) is 10.1 Å². The fraction of sp³-hybridized carbons (Fsp3) is 0. The molecule has 5 nitrogen and oxygen atoms in total. The average Bonchev–Trinajstić information content (AvgIpc) is 2.75. The fourth-order valence-electron chi connectivity index (χ4n) is 2.79. The molecule has 4 aromatic rings. The number of benzene rings is 1. The van der Waals surface area contributed by atoms with Gasteiger partial charge in [0.05, 0.1) is 28.3 Å². The van der Waals surface area contributed by atoms with Gasteiger partial charge in [-0.25, -0.2) is 9.78 Å². The van der Waals surface area contributed by atoms with E-state index in [-0.39, 0.29) is 5.56 Å². The van der Waals surface area contributed by atoms with Crippen molar-refractivity contribution in [3.63, 3.8) is 0 Å². The number of pyridine rings is 3. The van der Waals surface area contributed by atoms with Crippen LogP contribution in [0.4, 0.5) is 0 Å². The van der Waals surface area contributed by atoms with Gasteiger partial charge in [-0.05, 0) is 59.7 Å². The second-order valence-electron chi connectivity index (χ2n) is 5.94. The zero-order valence-electron chi connectivity index (χ0n) is 14.3. The van der Waals surface area contributed by atoms with Gasteiger partial charge in [-0.3, -0.25) is 9.97 Å². The molecule has 0 bridgehead atoms. The molecule has 0 aliphatic carbocycles. The van der Waals surface area contributed by atoms with Gasteiger partial charge in [0.2, 0.25) is 0 Å². The summed E-state index contributed by atoms with van der Waals surface area (Å²) in [7, 11) is 0. The van der Waals surface area contributed by atoms with Crippen LogP contribution in [0.2, 0.25) is 0 Å². The Kier molecular flexibility index (Phi) is 4.41. The maximum atomic E-state index is 11.1. The Balaban J connectivity index is 1.86. The number of carboxylic acid groups (broad SMARTS) is 1. The monoisotopic (exact) mass is 353 g/mol. The molecule has 0 spiro atoms. The van der Waals surface area contributed by atoms with E-state index in [0.29, 0.717) is 0 Å².